The van der Waals surface area contributed by atoms with Gasteiger partial charge in [0.25, 0.3) is 0 Å². The number of halogens is 1. The van der Waals surface area contributed by atoms with E-state index in [1.54, 1.807) is 0 Å². The van der Waals surface area contributed by atoms with Gasteiger partial charge in [-0.1, -0.05) is 22.0 Å². The number of anilines is 1. The summed E-state index contributed by atoms with van der Waals surface area (Å²) in [7, 11) is 2.01. The molecule has 0 saturated heterocycles. The highest BCUT2D eigenvalue weighted by atomic mass is 79.9. The van der Waals surface area contributed by atoms with Crippen molar-refractivity contribution in [3.63, 3.8) is 0 Å². The molecule has 0 aromatic heterocycles. The number of allylic oxidation sites excluding steroid dienone is 1. The van der Waals surface area contributed by atoms with Gasteiger partial charge in [-0.2, -0.15) is 5.26 Å². The molecule has 0 radical (unpaired) electrons. The van der Waals surface area contributed by atoms with Gasteiger partial charge in [0, 0.05) is 18.1 Å². The van der Waals surface area contributed by atoms with Gasteiger partial charge in [0.1, 0.15) is 6.07 Å². The van der Waals surface area contributed by atoms with Gasteiger partial charge in [-0.3, -0.25) is 0 Å². The molecule has 0 saturated carbocycles. The molecule has 0 aliphatic heterocycles. The molecule has 0 fully saturated rings. The minimum atomic E-state index is 0.704. The predicted octanol–water partition coefficient (Wildman–Crippen LogP) is 3.72. The van der Waals surface area contributed by atoms with Crippen molar-refractivity contribution in [3.05, 3.63) is 40.9 Å². The van der Waals surface area contributed by atoms with Crippen LogP contribution >= 0.6 is 15.9 Å². The van der Waals surface area contributed by atoms with Crippen molar-refractivity contribution in [1.82, 2.24) is 0 Å². The van der Waals surface area contributed by atoms with Crippen LogP contribution in [0.2, 0.25) is 0 Å². The maximum atomic E-state index is 9.05. The van der Waals surface area contributed by atoms with Gasteiger partial charge in [0.05, 0.1) is 11.3 Å². The average molecular weight is 279 g/mol. The van der Waals surface area contributed by atoms with Crippen LogP contribution in [0.5, 0.6) is 0 Å². The van der Waals surface area contributed by atoms with Crippen molar-refractivity contribution >= 4 is 21.6 Å². The molecule has 0 aliphatic carbocycles. The largest absolute Gasteiger partial charge is 0.374 e. The number of nitriles is 1. The molecule has 0 atom stereocenters. The Hall–Kier alpha value is -1.27. The Balaban J connectivity index is 2.78. The standard InChI is InChI=1S/C13H15BrN2/c1-3-4-5-8-16(2)13-7-6-12(14)9-11(13)10-15/h3,6-7,9H,1,4-5,8H2,2H3. The lowest BCUT2D eigenvalue weighted by Gasteiger charge is -2.20. The summed E-state index contributed by atoms with van der Waals surface area (Å²) in [6, 6.07) is 7.99. The highest BCUT2D eigenvalue weighted by molar-refractivity contribution is 9.10. The molecule has 0 bridgehead atoms. The van der Waals surface area contributed by atoms with Crippen molar-refractivity contribution in [2.45, 2.75) is 12.8 Å². The minimum Gasteiger partial charge on any atom is -0.374 e. The molecular formula is C13H15BrN2. The van der Waals surface area contributed by atoms with Crippen molar-refractivity contribution < 1.29 is 0 Å². The summed E-state index contributed by atoms with van der Waals surface area (Å²) in [6.45, 7) is 4.63. The number of rotatable bonds is 5. The number of unbranched alkanes of at least 4 members (excludes halogenated alkanes) is 1. The van der Waals surface area contributed by atoms with E-state index in [1.165, 1.54) is 0 Å². The Morgan fingerprint density at radius 2 is 2.31 bits per heavy atom. The monoisotopic (exact) mass is 278 g/mol. The molecule has 0 spiro atoms. The highest BCUT2D eigenvalue weighted by Crippen LogP contribution is 2.23. The van der Waals surface area contributed by atoms with Crippen LogP contribution in [0.4, 0.5) is 5.69 Å². The van der Waals surface area contributed by atoms with E-state index >= 15 is 0 Å². The van der Waals surface area contributed by atoms with Crippen molar-refractivity contribution in [2.24, 2.45) is 0 Å². The Kier molecular flexibility index (Phi) is 5.07. The van der Waals surface area contributed by atoms with Crippen LogP contribution in [0, 0.1) is 11.3 Å². The van der Waals surface area contributed by atoms with Gasteiger partial charge in [-0.05, 0) is 31.0 Å². The Bertz CT molecular complexity index is 407. The number of nitrogens with zero attached hydrogens (tertiary/aromatic N) is 2. The summed E-state index contributed by atoms with van der Waals surface area (Å²) in [5.41, 5.74) is 1.69. The summed E-state index contributed by atoms with van der Waals surface area (Å²) < 4.78 is 0.937. The smallest absolute Gasteiger partial charge is 0.101 e. The molecule has 0 amide bonds. The quantitative estimate of drug-likeness (QED) is 0.606. The molecule has 0 N–H and O–H groups in total. The van der Waals surface area contributed by atoms with Crippen LogP contribution in [0.3, 0.4) is 0 Å². The highest BCUT2D eigenvalue weighted by Gasteiger charge is 2.06. The van der Waals surface area contributed by atoms with Crippen molar-refractivity contribution in [3.8, 4) is 6.07 Å². The van der Waals surface area contributed by atoms with Crippen LogP contribution in [0.25, 0.3) is 0 Å². The Morgan fingerprint density at radius 3 is 2.94 bits per heavy atom. The first-order chi connectivity index (χ1) is 7.69. The normalized spacial score (nSPS) is 9.56. The van der Waals surface area contributed by atoms with E-state index < -0.39 is 0 Å². The van der Waals surface area contributed by atoms with Crippen LogP contribution in [0.1, 0.15) is 18.4 Å². The number of benzene rings is 1. The molecule has 0 aliphatic rings. The zero-order chi connectivity index (χ0) is 12.0. The van der Waals surface area contributed by atoms with Crippen molar-refractivity contribution in [1.29, 1.82) is 5.26 Å². The lowest BCUT2D eigenvalue weighted by molar-refractivity contribution is 0.801. The number of hydrogen-bond donors (Lipinski definition) is 0. The Labute approximate surface area is 105 Å². The van der Waals surface area contributed by atoms with E-state index in [9.17, 15) is 0 Å². The van der Waals surface area contributed by atoms with E-state index in [2.05, 4.69) is 33.5 Å². The second kappa shape index (κ2) is 6.34. The van der Waals surface area contributed by atoms with Gasteiger partial charge in [0.2, 0.25) is 0 Å². The third-order valence-electron chi connectivity index (χ3n) is 2.39. The van der Waals surface area contributed by atoms with E-state index in [0.29, 0.717) is 5.56 Å². The van der Waals surface area contributed by atoms with Gasteiger partial charge in [-0.25, -0.2) is 0 Å². The maximum Gasteiger partial charge on any atom is 0.101 e. The van der Waals surface area contributed by atoms with E-state index in [4.69, 9.17) is 5.26 Å². The molecule has 1 aromatic carbocycles. The lowest BCUT2D eigenvalue weighted by atomic mass is 10.1. The second-order valence-electron chi connectivity index (χ2n) is 3.63. The first kappa shape index (κ1) is 12.8. The molecule has 2 nitrogen and oxygen atoms in total. The molecule has 1 aromatic rings. The van der Waals surface area contributed by atoms with Crippen LogP contribution in [-0.2, 0) is 0 Å². The molecule has 0 heterocycles. The predicted molar refractivity (Wildman–Crippen MR) is 71.6 cm³/mol. The molecule has 84 valence electrons. The molecular weight excluding hydrogens is 264 g/mol. The zero-order valence-electron chi connectivity index (χ0n) is 9.41. The van der Waals surface area contributed by atoms with E-state index in [-0.39, 0.29) is 0 Å². The van der Waals surface area contributed by atoms with Gasteiger partial charge in [0.15, 0.2) is 0 Å². The SMILES string of the molecule is C=CCCCN(C)c1ccc(Br)cc1C#N. The summed E-state index contributed by atoms with van der Waals surface area (Å²) in [5.74, 6) is 0. The van der Waals surface area contributed by atoms with Crippen LogP contribution in [0.15, 0.2) is 35.3 Å². The lowest BCUT2D eigenvalue weighted by Crippen LogP contribution is -2.19. The fraction of sp³-hybridized carbons (Fsp3) is 0.308. The molecule has 3 heteroatoms. The Morgan fingerprint density at radius 1 is 1.56 bits per heavy atom. The first-order valence-corrected chi connectivity index (χ1v) is 6.00. The summed E-state index contributed by atoms with van der Waals surface area (Å²) in [6.07, 6.45) is 3.98. The fourth-order valence-corrected chi connectivity index (χ4v) is 1.89. The van der Waals surface area contributed by atoms with E-state index in [1.807, 2.05) is 31.3 Å². The zero-order valence-corrected chi connectivity index (χ0v) is 11.0. The van der Waals surface area contributed by atoms with Crippen molar-refractivity contribution in [2.75, 3.05) is 18.5 Å². The number of hydrogen-bond acceptors (Lipinski definition) is 2. The summed E-state index contributed by atoms with van der Waals surface area (Å²) in [5, 5.41) is 9.05. The van der Waals surface area contributed by atoms with Crippen LogP contribution < -0.4 is 4.90 Å². The van der Waals surface area contributed by atoms with Gasteiger partial charge >= 0.3 is 0 Å². The van der Waals surface area contributed by atoms with Gasteiger partial charge in [-0.15, -0.1) is 6.58 Å². The average Bonchev–Trinajstić information content (AvgIpc) is 2.29. The fourth-order valence-electron chi connectivity index (χ4n) is 1.52. The van der Waals surface area contributed by atoms with Gasteiger partial charge < -0.3 is 4.90 Å². The first-order valence-electron chi connectivity index (χ1n) is 5.20. The maximum absolute atomic E-state index is 9.05. The third kappa shape index (κ3) is 3.39. The molecule has 16 heavy (non-hydrogen) atoms. The topological polar surface area (TPSA) is 27.0 Å². The minimum absolute atomic E-state index is 0.704. The third-order valence-corrected chi connectivity index (χ3v) is 2.89. The van der Waals surface area contributed by atoms with Crippen LogP contribution in [-0.4, -0.2) is 13.6 Å². The molecule has 1 rings (SSSR count). The second-order valence-corrected chi connectivity index (χ2v) is 4.54. The summed E-state index contributed by atoms with van der Waals surface area (Å²) >= 11 is 3.37. The van der Waals surface area contributed by atoms with E-state index in [0.717, 1.165) is 29.5 Å². The molecule has 0 unspecified atom stereocenters. The summed E-state index contributed by atoms with van der Waals surface area (Å²) in [4.78, 5) is 2.11.